The molecule has 0 radical (unpaired) electrons. The van der Waals surface area contributed by atoms with Crippen LogP contribution in [0, 0.1) is 5.92 Å². The number of aliphatic carboxylic acids is 1. The molecule has 1 amide bonds. The Morgan fingerprint density at radius 1 is 1.10 bits per heavy atom. The summed E-state index contributed by atoms with van der Waals surface area (Å²) >= 11 is 13.8. The third kappa shape index (κ3) is 7.91. The molecule has 9 heteroatoms. The highest BCUT2D eigenvalue weighted by atomic mass is 79.9. The third-order valence-corrected chi connectivity index (χ3v) is 8.62. The number of aromatic nitrogens is 1. The number of carbonyl (C=O) groups excluding carboxylic acids is 2. The van der Waals surface area contributed by atoms with Crippen LogP contribution in [0.5, 0.6) is 0 Å². The fourth-order valence-electron chi connectivity index (χ4n) is 5.60. The number of halogens is 3. The molecule has 3 N–H and O–H groups in total. The number of hydrogen-bond acceptors (Lipinski definition) is 4. The molecule has 0 bridgehead atoms. The molecule has 39 heavy (non-hydrogen) atoms. The highest BCUT2D eigenvalue weighted by Gasteiger charge is 2.35. The smallest absolute Gasteiger partial charge is 0.217 e. The molecular weight excluding hydrogens is 646 g/mol. The number of amides is 1. The minimum atomic E-state index is -1.27. The Morgan fingerprint density at radius 2 is 1.79 bits per heavy atom. The Bertz CT molecular complexity index is 1320. The van der Waals surface area contributed by atoms with E-state index in [1.165, 1.54) is 55.2 Å². The van der Waals surface area contributed by atoms with Crippen molar-refractivity contribution in [3.8, 4) is 0 Å². The Labute approximate surface area is 251 Å². The molecule has 1 saturated heterocycles. The number of rotatable bonds is 5. The number of fused-ring (bicyclic) bond motifs is 2. The minimum absolute atomic E-state index is 0.239. The number of nitrogens with two attached hydrogens (primary N) is 1. The van der Waals surface area contributed by atoms with Crippen LogP contribution in [0.1, 0.15) is 53.6 Å². The number of quaternary nitrogens is 1. The van der Waals surface area contributed by atoms with Crippen molar-refractivity contribution in [1.82, 2.24) is 10.3 Å². The van der Waals surface area contributed by atoms with Crippen molar-refractivity contribution < 1.29 is 20.0 Å². The molecule has 6 nitrogen and oxygen atoms in total. The van der Waals surface area contributed by atoms with Crippen molar-refractivity contribution in [2.75, 3.05) is 13.1 Å². The standard InChI is InChI=1S/C19H19Br2ClN2.C11H13NO3/c20-14-7-13-2-1-12-8-15(22)9-16(21)17(12)18(19(13)24-10-14)11-3-5-23-6-4-11;1-8(13)12-10(11(14)15)7-9-5-3-2-4-6-9/h7-11,18,23H,1-6H2;2-6,10H,7H2,1H3,(H,12,13)(H,14,15)/t18-;10-/m11/s1. The number of aryl methyl sites for hydroxylation is 2. The largest absolute Gasteiger partial charge is 0.548 e. The number of carbonyl (C=O) groups is 2. The first kappa shape index (κ1) is 29.7. The SMILES string of the molecule is CC(=O)N[C@H](Cc1ccccc1)C(=O)[O-].Clc1cc(Br)c2c(c1)CCc1cc(Br)cnc1[C@@H]2C1CC[NH2+]CC1. The highest BCUT2D eigenvalue weighted by Crippen LogP contribution is 2.45. The summed E-state index contributed by atoms with van der Waals surface area (Å²) in [4.78, 5) is 26.3. The molecule has 2 aromatic carbocycles. The average molecular weight is 678 g/mol. The summed E-state index contributed by atoms with van der Waals surface area (Å²) in [5.41, 5.74) is 6.29. The van der Waals surface area contributed by atoms with Crippen LogP contribution in [0.25, 0.3) is 0 Å². The van der Waals surface area contributed by atoms with Gasteiger partial charge in [0, 0.05) is 45.8 Å². The quantitative estimate of drug-likeness (QED) is 0.428. The first-order valence-corrected chi connectivity index (χ1v) is 15.1. The number of nitrogens with one attached hydrogen (secondary N) is 1. The molecule has 3 aromatic rings. The second-order valence-corrected chi connectivity index (χ2v) is 12.3. The van der Waals surface area contributed by atoms with Crippen molar-refractivity contribution in [2.24, 2.45) is 5.92 Å². The van der Waals surface area contributed by atoms with E-state index in [0.717, 1.165) is 32.4 Å². The normalized spacial score (nSPS) is 17.5. The number of carboxylic acids is 1. The van der Waals surface area contributed by atoms with Crippen LogP contribution in [0.4, 0.5) is 0 Å². The van der Waals surface area contributed by atoms with Crippen molar-refractivity contribution in [2.45, 2.75) is 51.0 Å². The molecule has 206 valence electrons. The van der Waals surface area contributed by atoms with Crippen LogP contribution in [0.2, 0.25) is 5.02 Å². The number of nitrogens with zero attached hydrogens (tertiary/aromatic N) is 1. The van der Waals surface area contributed by atoms with Gasteiger partial charge in [-0.1, -0.05) is 57.9 Å². The minimum Gasteiger partial charge on any atom is -0.548 e. The van der Waals surface area contributed by atoms with Gasteiger partial charge in [0.1, 0.15) is 0 Å². The lowest BCUT2D eigenvalue weighted by Crippen LogP contribution is -2.86. The predicted octanol–water partition coefficient (Wildman–Crippen LogP) is 3.95. The lowest BCUT2D eigenvalue weighted by molar-refractivity contribution is -0.665. The Kier molecular flexibility index (Phi) is 10.6. The molecule has 5 rings (SSSR count). The molecule has 2 aliphatic rings. The van der Waals surface area contributed by atoms with Crippen LogP contribution >= 0.6 is 43.5 Å². The van der Waals surface area contributed by atoms with Crippen molar-refractivity contribution in [3.63, 3.8) is 0 Å². The second-order valence-electron chi connectivity index (χ2n) is 10.1. The van der Waals surface area contributed by atoms with E-state index >= 15 is 0 Å². The van der Waals surface area contributed by atoms with Crippen LogP contribution in [-0.4, -0.2) is 36.0 Å². The fraction of sp³-hybridized carbons (Fsp3) is 0.367. The second kappa shape index (κ2) is 13.9. The van der Waals surface area contributed by atoms with Gasteiger partial charge in [-0.15, -0.1) is 0 Å². The van der Waals surface area contributed by atoms with Gasteiger partial charge in [0.05, 0.1) is 30.8 Å². The monoisotopic (exact) mass is 675 g/mol. The molecule has 1 aromatic heterocycles. The van der Waals surface area contributed by atoms with Gasteiger partial charge in [-0.25, -0.2) is 0 Å². The first-order valence-electron chi connectivity index (χ1n) is 13.2. The maximum absolute atomic E-state index is 10.7. The summed E-state index contributed by atoms with van der Waals surface area (Å²) in [7, 11) is 0. The predicted molar refractivity (Wildman–Crippen MR) is 157 cm³/mol. The summed E-state index contributed by atoms with van der Waals surface area (Å²) in [6.07, 6.45) is 6.73. The van der Waals surface area contributed by atoms with Crippen LogP contribution in [0.15, 0.2) is 63.7 Å². The number of pyridine rings is 1. The summed E-state index contributed by atoms with van der Waals surface area (Å²) in [6, 6.07) is 14.6. The number of benzene rings is 2. The molecular formula is C30H32Br2ClN3O3. The molecule has 1 fully saturated rings. The van der Waals surface area contributed by atoms with E-state index in [1.807, 2.05) is 30.5 Å². The molecule has 1 aliphatic heterocycles. The highest BCUT2D eigenvalue weighted by molar-refractivity contribution is 9.10. The van der Waals surface area contributed by atoms with E-state index in [2.05, 4.69) is 54.6 Å². The lowest BCUT2D eigenvalue weighted by atomic mass is 9.77. The molecule has 2 heterocycles. The maximum atomic E-state index is 10.7. The number of carboxylic acid groups (broad SMARTS) is 1. The van der Waals surface area contributed by atoms with E-state index in [-0.39, 0.29) is 12.3 Å². The maximum Gasteiger partial charge on any atom is 0.217 e. The van der Waals surface area contributed by atoms with E-state index in [0.29, 0.717) is 11.8 Å². The third-order valence-electron chi connectivity index (χ3n) is 7.32. The lowest BCUT2D eigenvalue weighted by Gasteiger charge is -2.31. The van der Waals surface area contributed by atoms with Crippen LogP contribution < -0.4 is 15.7 Å². The zero-order valence-electron chi connectivity index (χ0n) is 21.8. The number of hydrogen-bond donors (Lipinski definition) is 2. The Morgan fingerprint density at radius 3 is 2.46 bits per heavy atom. The van der Waals surface area contributed by atoms with Gasteiger partial charge in [-0.3, -0.25) is 9.78 Å². The van der Waals surface area contributed by atoms with Gasteiger partial charge in [-0.2, -0.15) is 0 Å². The summed E-state index contributed by atoms with van der Waals surface area (Å²) < 4.78 is 2.21. The van der Waals surface area contributed by atoms with Gasteiger partial charge < -0.3 is 20.5 Å². The van der Waals surface area contributed by atoms with Gasteiger partial charge in [0.25, 0.3) is 0 Å². The first-order chi connectivity index (χ1) is 18.7. The Hall–Kier alpha value is -2.26. The number of piperidine rings is 1. The van der Waals surface area contributed by atoms with E-state index in [9.17, 15) is 14.7 Å². The molecule has 1 aliphatic carbocycles. The molecule has 2 atom stereocenters. The summed E-state index contributed by atoms with van der Waals surface area (Å²) in [5, 5.41) is 16.3. The average Bonchev–Trinajstić information content (AvgIpc) is 3.06. The van der Waals surface area contributed by atoms with Gasteiger partial charge >= 0.3 is 0 Å². The topological polar surface area (TPSA) is 98.7 Å². The molecule has 0 saturated carbocycles. The van der Waals surface area contributed by atoms with Crippen molar-refractivity contribution >= 4 is 55.3 Å². The van der Waals surface area contributed by atoms with Gasteiger partial charge in [0.2, 0.25) is 5.91 Å². The van der Waals surface area contributed by atoms with Crippen LogP contribution in [-0.2, 0) is 28.9 Å². The summed E-state index contributed by atoms with van der Waals surface area (Å²) in [5.74, 6) is -0.628. The van der Waals surface area contributed by atoms with Crippen molar-refractivity contribution in [3.05, 3.63) is 96.6 Å². The van der Waals surface area contributed by atoms with Crippen LogP contribution in [0.3, 0.4) is 0 Å². The van der Waals surface area contributed by atoms with E-state index < -0.39 is 12.0 Å². The molecule has 0 unspecified atom stereocenters. The fourth-order valence-corrected chi connectivity index (χ4v) is 7.10. The summed E-state index contributed by atoms with van der Waals surface area (Å²) in [6.45, 7) is 3.71. The van der Waals surface area contributed by atoms with Gasteiger partial charge in [0.15, 0.2) is 0 Å². The van der Waals surface area contributed by atoms with Gasteiger partial charge in [-0.05, 0) is 81.6 Å². The van der Waals surface area contributed by atoms with E-state index in [4.69, 9.17) is 16.6 Å². The zero-order chi connectivity index (χ0) is 27.9. The Balaban J connectivity index is 0.000000204. The van der Waals surface area contributed by atoms with Crippen molar-refractivity contribution in [1.29, 1.82) is 0 Å². The van der Waals surface area contributed by atoms with E-state index in [1.54, 1.807) is 12.1 Å². The molecule has 0 spiro atoms. The zero-order valence-corrected chi connectivity index (χ0v) is 25.7.